The average molecular weight is 982 g/mol. The Bertz CT molecular complexity index is 1100. The van der Waals surface area contributed by atoms with Gasteiger partial charge in [0.05, 0.1) is 34.4 Å². The highest BCUT2D eigenvalue weighted by Crippen LogP contribution is 2.18. The minimum atomic E-state index is -1.50. The van der Waals surface area contributed by atoms with Crippen LogP contribution in [-0.4, -0.2) is 87.4 Å². The maximum Gasteiger partial charge on any atom is 0.361 e. The van der Waals surface area contributed by atoms with E-state index in [0.29, 0.717) is 17.4 Å². The summed E-state index contributed by atoms with van der Waals surface area (Å²) in [7, 11) is 5.98. The molecule has 0 aromatic rings. The highest BCUT2D eigenvalue weighted by atomic mass is 16.7. The molecule has 0 amide bonds. The largest absolute Gasteiger partial charge is 0.477 e. The first-order chi connectivity index (χ1) is 33.6. The van der Waals surface area contributed by atoms with Crippen molar-refractivity contribution in [3.63, 3.8) is 0 Å². The summed E-state index contributed by atoms with van der Waals surface area (Å²) in [5.41, 5.74) is 0. The Labute approximate surface area is 428 Å². The molecule has 2 atom stereocenters. The fourth-order valence-corrected chi connectivity index (χ4v) is 9.19. The number of hydrogen-bond donors (Lipinski definition) is 1. The number of esters is 2. The number of carbonyl (C=O) groups excluding carboxylic acids is 2. The van der Waals surface area contributed by atoms with Crippen molar-refractivity contribution in [2.24, 2.45) is 0 Å². The van der Waals surface area contributed by atoms with E-state index in [9.17, 15) is 19.5 Å². The number of likely N-dealkylation sites (N-methyl/N-ethyl adjacent to an activating group) is 1. The van der Waals surface area contributed by atoms with Crippen molar-refractivity contribution in [2.45, 2.75) is 322 Å². The Kier molecular flexibility index (Phi) is 51.3. The van der Waals surface area contributed by atoms with Crippen molar-refractivity contribution in [1.82, 2.24) is 0 Å². The highest BCUT2D eigenvalue weighted by molar-refractivity contribution is 5.71. The number of rotatable bonds is 57. The Hall–Kier alpha value is -1.71. The van der Waals surface area contributed by atoms with Crippen LogP contribution in [0.4, 0.5) is 0 Å². The van der Waals surface area contributed by atoms with Crippen LogP contribution >= 0.6 is 0 Å². The molecule has 69 heavy (non-hydrogen) atoms. The lowest BCUT2D eigenvalue weighted by molar-refractivity contribution is -0.870. The van der Waals surface area contributed by atoms with Crippen LogP contribution < -0.4 is 0 Å². The number of unbranched alkanes of at least 4 members (excludes halogenated alkanes) is 42. The molecule has 1 N–H and O–H groups in total. The molecule has 0 rings (SSSR count). The molecule has 2 unspecified atom stereocenters. The predicted molar refractivity (Wildman–Crippen MR) is 291 cm³/mol. The van der Waals surface area contributed by atoms with Gasteiger partial charge in [-0.2, -0.15) is 0 Å². The minimum absolute atomic E-state index is 0.172. The van der Waals surface area contributed by atoms with Crippen LogP contribution in [-0.2, 0) is 33.3 Å². The molecule has 9 nitrogen and oxygen atoms in total. The van der Waals surface area contributed by atoms with E-state index >= 15 is 0 Å². The van der Waals surface area contributed by atoms with Gasteiger partial charge in [-0.25, -0.2) is 4.79 Å². The van der Waals surface area contributed by atoms with Crippen LogP contribution in [0.5, 0.6) is 0 Å². The number of quaternary nitrogens is 1. The van der Waals surface area contributed by atoms with E-state index in [0.717, 1.165) is 38.5 Å². The smallest absolute Gasteiger partial charge is 0.361 e. The number of carboxylic acids is 1. The van der Waals surface area contributed by atoms with Gasteiger partial charge in [-0.1, -0.05) is 284 Å². The van der Waals surface area contributed by atoms with Gasteiger partial charge in [0.2, 0.25) is 0 Å². The van der Waals surface area contributed by atoms with Gasteiger partial charge in [-0.05, 0) is 12.8 Å². The molecule has 0 aliphatic heterocycles. The molecule has 0 fully saturated rings. The number of hydrogen-bond acceptors (Lipinski definition) is 7. The summed E-state index contributed by atoms with van der Waals surface area (Å²) in [5, 5.41) is 9.70. The van der Waals surface area contributed by atoms with Crippen molar-refractivity contribution in [2.75, 3.05) is 47.5 Å². The Balaban J connectivity index is 4.10. The molecule has 9 heteroatoms. The molecule has 410 valence electrons. The number of carbonyl (C=O) groups is 3. The van der Waals surface area contributed by atoms with Crippen molar-refractivity contribution in [3.8, 4) is 0 Å². The molecule has 0 bridgehead atoms. The van der Waals surface area contributed by atoms with E-state index in [2.05, 4.69) is 13.8 Å². The Morgan fingerprint density at radius 3 is 0.928 bits per heavy atom. The molecule has 0 saturated carbocycles. The van der Waals surface area contributed by atoms with Gasteiger partial charge in [-0.3, -0.25) is 9.59 Å². The summed E-state index contributed by atoms with van der Waals surface area (Å²) in [6, 6.07) is 0. The third kappa shape index (κ3) is 53.9. The van der Waals surface area contributed by atoms with Gasteiger partial charge in [0, 0.05) is 12.8 Å². The summed E-state index contributed by atoms with van der Waals surface area (Å²) in [4.78, 5) is 37.4. The highest BCUT2D eigenvalue weighted by Gasteiger charge is 2.25. The second-order valence-electron chi connectivity index (χ2n) is 22.0. The number of nitrogens with zero attached hydrogens (tertiary/aromatic N) is 1. The SMILES string of the molecule is CCCCCCCCCCCCCCCCCCCCCCCCCCCCCCC(=O)OC(COC(=O)CCCCCCCCCCCCCCCCCC)COC(OCC[N+](C)(C)C)C(=O)O. The Morgan fingerprint density at radius 1 is 0.377 bits per heavy atom. The summed E-state index contributed by atoms with van der Waals surface area (Å²) in [6.45, 7) is 4.95. The summed E-state index contributed by atoms with van der Waals surface area (Å²) >= 11 is 0. The fourth-order valence-electron chi connectivity index (χ4n) is 9.19. The zero-order valence-electron chi connectivity index (χ0n) is 46.8. The van der Waals surface area contributed by atoms with Crippen LogP contribution in [0.15, 0.2) is 0 Å². The quantitative estimate of drug-likeness (QED) is 0.0278. The zero-order chi connectivity index (χ0) is 50.6. The number of carboxylic acid groups (broad SMARTS) is 1. The maximum atomic E-state index is 12.9. The normalized spacial score (nSPS) is 12.7. The summed E-state index contributed by atoms with van der Waals surface area (Å²) in [6.07, 6.45) is 56.2. The summed E-state index contributed by atoms with van der Waals surface area (Å²) in [5.74, 6) is -1.97. The molecule has 0 spiro atoms. The third-order valence-corrected chi connectivity index (χ3v) is 13.9. The van der Waals surface area contributed by atoms with Crippen LogP contribution in [0.1, 0.15) is 309 Å². The van der Waals surface area contributed by atoms with Gasteiger partial charge >= 0.3 is 17.9 Å². The monoisotopic (exact) mass is 981 g/mol. The van der Waals surface area contributed by atoms with Gasteiger partial charge in [0.1, 0.15) is 13.2 Å². The van der Waals surface area contributed by atoms with Crippen LogP contribution in [0, 0.1) is 0 Å². The third-order valence-electron chi connectivity index (χ3n) is 13.9. The van der Waals surface area contributed by atoms with E-state index < -0.39 is 18.4 Å². The van der Waals surface area contributed by atoms with E-state index in [1.807, 2.05) is 21.1 Å². The van der Waals surface area contributed by atoms with Crippen molar-refractivity contribution in [1.29, 1.82) is 0 Å². The fraction of sp³-hybridized carbons (Fsp3) is 0.950. The molecule has 0 radical (unpaired) electrons. The average Bonchev–Trinajstić information content (AvgIpc) is 3.31. The minimum Gasteiger partial charge on any atom is -0.477 e. The second-order valence-corrected chi connectivity index (χ2v) is 22.0. The maximum absolute atomic E-state index is 12.9. The lowest BCUT2D eigenvalue weighted by atomic mass is 10.0. The number of aliphatic carboxylic acids is 1. The first kappa shape index (κ1) is 67.3. The zero-order valence-corrected chi connectivity index (χ0v) is 46.8. The van der Waals surface area contributed by atoms with Crippen molar-refractivity contribution < 1.29 is 42.9 Å². The van der Waals surface area contributed by atoms with Crippen LogP contribution in [0.25, 0.3) is 0 Å². The van der Waals surface area contributed by atoms with Crippen LogP contribution in [0.3, 0.4) is 0 Å². The number of ether oxygens (including phenoxy) is 4. The van der Waals surface area contributed by atoms with Gasteiger partial charge in [0.25, 0.3) is 6.29 Å². The molecule has 0 heterocycles. The van der Waals surface area contributed by atoms with Crippen molar-refractivity contribution in [3.05, 3.63) is 0 Å². The standard InChI is InChI=1S/C60H117NO8/c1-6-8-10-12-14-16-18-20-22-24-25-26-27-28-29-30-31-32-33-34-35-37-39-41-43-45-47-49-51-58(63)69-56(55-68-60(59(64)65)66-53-52-61(3,4)5)54-67-57(62)50-48-46-44-42-40-38-36-23-21-19-17-15-13-11-9-7-2/h56,60H,6-55H2,1-5H3/p+1. The first-order valence-electron chi connectivity index (χ1n) is 30.2. The lowest BCUT2D eigenvalue weighted by Crippen LogP contribution is -2.40. The molecule has 0 aromatic carbocycles. The molecule has 0 aliphatic carbocycles. The van der Waals surface area contributed by atoms with E-state index in [1.54, 1.807) is 0 Å². The predicted octanol–water partition coefficient (Wildman–Crippen LogP) is 17.6. The van der Waals surface area contributed by atoms with Crippen LogP contribution in [0.2, 0.25) is 0 Å². The van der Waals surface area contributed by atoms with E-state index in [-0.39, 0.29) is 38.2 Å². The molecule has 0 aliphatic rings. The molecular formula is C60H118NO8+. The molecule has 0 saturated heterocycles. The van der Waals surface area contributed by atoms with Crippen molar-refractivity contribution >= 4 is 17.9 Å². The molecular weight excluding hydrogens is 863 g/mol. The topological polar surface area (TPSA) is 108 Å². The van der Waals surface area contributed by atoms with Gasteiger partial charge in [0.15, 0.2) is 6.10 Å². The van der Waals surface area contributed by atoms with E-state index in [4.69, 9.17) is 18.9 Å². The first-order valence-corrected chi connectivity index (χ1v) is 30.2. The second kappa shape index (κ2) is 52.6. The Morgan fingerprint density at radius 2 is 0.652 bits per heavy atom. The lowest BCUT2D eigenvalue weighted by Gasteiger charge is -2.25. The summed E-state index contributed by atoms with van der Waals surface area (Å²) < 4.78 is 22.9. The van der Waals surface area contributed by atoms with E-state index in [1.165, 1.54) is 244 Å². The van der Waals surface area contributed by atoms with Gasteiger partial charge < -0.3 is 28.5 Å². The molecule has 0 aromatic heterocycles. The van der Waals surface area contributed by atoms with Gasteiger partial charge in [-0.15, -0.1) is 0 Å².